The molecular weight excluding hydrogens is 364 g/mol. The van der Waals surface area contributed by atoms with Crippen LogP contribution in [0.5, 0.6) is 5.75 Å². The molecule has 1 aliphatic heterocycles. The van der Waals surface area contributed by atoms with Crippen LogP contribution in [0, 0.1) is 0 Å². The molecule has 2 amide bonds. The van der Waals surface area contributed by atoms with Gasteiger partial charge >= 0.3 is 0 Å². The Bertz CT molecular complexity index is 822. The third-order valence-electron chi connectivity index (χ3n) is 5.73. The van der Waals surface area contributed by atoms with Gasteiger partial charge in [0.15, 0.2) is 0 Å². The van der Waals surface area contributed by atoms with E-state index in [9.17, 15) is 9.59 Å². The molecule has 1 N–H and O–H groups in total. The van der Waals surface area contributed by atoms with Crippen molar-refractivity contribution in [3.05, 3.63) is 65.7 Å². The number of carbonyl (C=O) groups excluding carboxylic acids is 2. The molecule has 3 rings (SSSR count). The number of likely N-dealkylation sites (tertiary alicyclic amines) is 1. The van der Waals surface area contributed by atoms with E-state index in [-0.39, 0.29) is 17.9 Å². The third-order valence-corrected chi connectivity index (χ3v) is 5.73. The van der Waals surface area contributed by atoms with Crippen molar-refractivity contribution >= 4 is 11.8 Å². The average Bonchev–Trinajstić information content (AvgIpc) is 3.24. The summed E-state index contributed by atoms with van der Waals surface area (Å²) in [5.74, 6) is 0.779. The molecule has 0 unspecified atom stereocenters. The summed E-state index contributed by atoms with van der Waals surface area (Å²) in [6.07, 6.45) is 3.38. The largest absolute Gasteiger partial charge is 0.496 e. The van der Waals surface area contributed by atoms with E-state index < -0.39 is 0 Å². The molecule has 2 atom stereocenters. The van der Waals surface area contributed by atoms with Gasteiger partial charge in [0, 0.05) is 31.5 Å². The van der Waals surface area contributed by atoms with Crippen molar-refractivity contribution in [2.24, 2.45) is 0 Å². The van der Waals surface area contributed by atoms with Gasteiger partial charge in [0.05, 0.1) is 12.7 Å². The number of rotatable bonds is 8. The van der Waals surface area contributed by atoms with Gasteiger partial charge in [0.25, 0.3) is 5.91 Å². The van der Waals surface area contributed by atoms with Crippen molar-refractivity contribution in [3.8, 4) is 5.75 Å². The molecule has 0 aliphatic carbocycles. The highest BCUT2D eigenvalue weighted by Crippen LogP contribution is 2.33. The standard InChI is InChI=1S/C24H30N2O3/c1-3-19(18-10-5-4-6-11-18)21-13-9-17-26(21)23(27)15-16-25-24(28)20-12-7-8-14-22(20)29-2/h4-8,10-12,14,19,21H,3,9,13,15-17H2,1-2H3,(H,25,28)/t19-,21-/m1/s1. The highest BCUT2D eigenvalue weighted by Gasteiger charge is 2.34. The number of ether oxygens (including phenoxy) is 1. The Morgan fingerprint density at radius 2 is 1.86 bits per heavy atom. The van der Waals surface area contributed by atoms with Crippen LogP contribution in [0.15, 0.2) is 54.6 Å². The first-order valence-corrected chi connectivity index (χ1v) is 10.4. The summed E-state index contributed by atoms with van der Waals surface area (Å²) >= 11 is 0. The Balaban J connectivity index is 1.58. The van der Waals surface area contributed by atoms with E-state index in [0.29, 0.717) is 30.2 Å². The smallest absolute Gasteiger partial charge is 0.255 e. The molecular formula is C24H30N2O3. The molecule has 1 heterocycles. The fourth-order valence-corrected chi connectivity index (χ4v) is 4.30. The summed E-state index contributed by atoms with van der Waals surface area (Å²) in [6.45, 7) is 3.31. The Labute approximate surface area is 173 Å². The lowest BCUT2D eigenvalue weighted by atomic mass is 9.87. The number of amides is 2. The third kappa shape index (κ3) is 4.97. The van der Waals surface area contributed by atoms with Crippen molar-refractivity contribution in [2.75, 3.05) is 20.2 Å². The zero-order valence-corrected chi connectivity index (χ0v) is 17.3. The monoisotopic (exact) mass is 394 g/mol. The van der Waals surface area contributed by atoms with Gasteiger partial charge < -0.3 is 15.0 Å². The Morgan fingerprint density at radius 1 is 1.14 bits per heavy atom. The van der Waals surface area contributed by atoms with Gasteiger partial charge in [-0.1, -0.05) is 49.4 Å². The van der Waals surface area contributed by atoms with Crippen LogP contribution in [0.4, 0.5) is 0 Å². The molecule has 2 aromatic rings. The first-order chi connectivity index (χ1) is 14.2. The highest BCUT2D eigenvalue weighted by molar-refractivity contribution is 5.97. The van der Waals surface area contributed by atoms with Gasteiger partial charge in [-0.05, 0) is 37.0 Å². The molecule has 0 spiro atoms. The fourth-order valence-electron chi connectivity index (χ4n) is 4.30. The Kier molecular flexibility index (Phi) is 7.28. The van der Waals surface area contributed by atoms with Crippen molar-refractivity contribution in [2.45, 2.75) is 44.6 Å². The van der Waals surface area contributed by atoms with Crippen LogP contribution in [-0.2, 0) is 4.79 Å². The van der Waals surface area contributed by atoms with Crippen LogP contribution in [0.25, 0.3) is 0 Å². The number of para-hydroxylation sites is 1. The van der Waals surface area contributed by atoms with Crippen molar-refractivity contribution in [1.82, 2.24) is 10.2 Å². The van der Waals surface area contributed by atoms with E-state index in [0.717, 1.165) is 25.8 Å². The van der Waals surface area contributed by atoms with E-state index in [1.807, 2.05) is 17.0 Å². The maximum atomic E-state index is 12.9. The predicted octanol–water partition coefficient (Wildman–Crippen LogP) is 4.00. The van der Waals surface area contributed by atoms with Crippen LogP contribution >= 0.6 is 0 Å². The van der Waals surface area contributed by atoms with Gasteiger partial charge in [-0.3, -0.25) is 9.59 Å². The quantitative estimate of drug-likeness (QED) is 0.736. The van der Waals surface area contributed by atoms with Crippen molar-refractivity contribution < 1.29 is 14.3 Å². The summed E-state index contributed by atoms with van der Waals surface area (Å²) in [5, 5.41) is 2.85. The highest BCUT2D eigenvalue weighted by atomic mass is 16.5. The molecule has 5 heteroatoms. The molecule has 1 saturated heterocycles. The number of nitrogens with one attached hydrogen (secondary N) is 1. The minimum absolute atomic E-state index is 0.113. The first-order valence-electron chi connectivity index (χ1n) is 10.4. The van der Waals surface area contributed by atoms with Crippen LogP contribution in [-0.4, -0.2) is 43.0 Å². The molecule has 29 heavy (non-hydrogen) atoms. The molecule has 1 fully saturated rings. The normalized spacial score (nSPS) is 17.0. The van der Waals surface area contributed by atoms with Crippen molar-refractivity contribution in [1.29, 1.82) is 0 Å². The van der Waals surface area contributed by atoms with E-state index in [2.05, 4.69) is 36.5 Å². The molecule has 0 saturated carbocycles. The second kappa shape index (κ2) is 10.1. The first kappa shape index (κ1) is 20.9. The van der Waals surface area contributed by atoms with Crippen LogP contribution in [0.2, 0.25) is 0 Å². The molecule has 5 nitrogen and oxygen atoms in total. The average molecular weight is 395 g/mol. The van der Waals surface area contributed by atoms with E-state index in [4.69, 9.17) is 4.74 Å². The van der Waals surface area contributed by atoms with Gasteiger partial charge in [0.2, 0.25) is 5.91 Å². The maximum absolute atomic E-state index is 12.9. The summed E-state index contributed by atoms with van der Waals surface area (Å²) in [7, 11) is 1.54. The Morgan fingerprint density at radius 3 is 2.59 bits per heavy atom. The number of hydrogen-bond donors (Lipinski definition) is 1. The van der Waals surface area contributed by atoms with E-state index in [1.165, 1.54) is 5.56 Å². The second-order valence-corrected chi connectivity index (χ2v) is 7.43. The zero-order chi connectivity index (χ0) is 20.6. The fraction of sp³-hybridized carbons (Fsp3) is 0.417. The molecule has 0 aromatic heterocycles. The van der Waals surface area contributed by atoms with Crippen LogP contribution < -0.4 is 10.1 Å². The number of methoxy groups -OCH3 is 1. The number of carbonyl (C=O) groups is 2. The molecule has 0 radical (unpaired) electrons. The maximum Gasteiger partial charge on any atom is 0.255 e. The number of benzene rings is 2. The second-order valence-electron chi connectivity index (χ2n) is 7.43. The lowest BCUT2D eigenvalue weighted by Gasteiger charge is -2.32. The van der Waals surface area contributed by atoms with E-state index in [1.54, 1.807) is 25.3 Å². The summed E-state index contributed by atoms with van der Waals surface area (Å²) < 4.78 is 5.23. The number of nitrogens with zero attached hydrogens (tertiary/aromatic N) is 1. The molecule has 0 bridgehead atoms. The topological polar surface area (TPSA) is 58.6 Å². The van der Waals surface area contributed by atoms with Crippen LogP contribution in [0.3, 0.4) is 0 Å². The van der Waals surface area contributed by atoms with Crippen molar-refractivity contribution in [3.63, 3.8) is 0 Å². The number of hydrogen-bond acceptors (Lipinski definition) is 3. The SMILES string of the molecule is CC[C@H](c1ccccc1)[C@H]1CCCN1C(=O)CCNC(=O)c1ccccc1OC. The summed E-state index contributed by atoms with van der Waals surface area (Å²) in [4.78, 5) is 27.3. The molecule has 154 valence electrons. The lowest BCUT2D eigenvalue weighted by Crippen LogP contribution is -2.40. The summed E-state index contributed by atoms with van der Waals surface area (Å²) in [5.41, 5.74) is 1.78. The van der Waals surface area contributed by atoms with Gasteiger partial charge in [-0.25, -0.2) is 0 Å². The van der Waals surface area contributed by atoms with Crippen LogP contribution in [0.1, 0.15) is 54.4 Å². The molecule has 2 aromatic carbocycles. The van der Waals surface area contributed by atoms with Gasteiger partial charge in [-0.2, -0.15) is 0 Å². The minimum atomic E-state index is -0.219. The lowest BCUT2D eigenvalue weighted by molar-refractivity contribution is -0.132. The zero-order valence-electron chi connectivity index (χ0n) is 17.3. The van der Waals surface area contributed by atoms with E-state index >= 15 is 0 Å². The summed E-state index contributed by atoms with van der Waals surface area (Å²) in [6, 6.07) is 17.8. The minimum Gasteiger partial charge on any atom is -0.496 e. The molecule has 1 aliphatic rings. The Hall–Kier alpha value is -2.82. The van der Waals surface area contributed by atoms with Gasteiger partial charge in [0.1, 0.15) is 5.75 Å². The van der Waals surface area contributed by atoms with Gasteiger partial charge in [-0.15, -0.1) is 0 Å². The predicted molar refractivity (Wildman–Crippen MR) is 114 cm³/mol.